The van der Waals surface area contributed by atoms with Crippen LogP contribution in [0, 0.1) is 52.3 Å². The van der Waals surface area contributed by atoms with Crippen LogP contribution in [0.5, 0.6) is 0 Å². The van der Waals surface area contributed by atoms with Crippen molar-refractivity contribution >= 4 is 32.5 Å². The van der Waals surface area contributed by atoms with Gasteiger partial charge in [-0.2, -0.15) is 52.3 Å². The fraction of sp³-hybridized carbons (Fsp3) is 0.690. The Morgan fingerprint density at radius 1 is 0.537 bits per heavy atom. The number of hydrogen-bond acceptors (Lipinski definition) is 11. The van der Waals surface area contributed by atoms with Gasteiger partial charge in [-0.3, -0.25) is 0 Å². The molecule has 0 radical (unpaired) electrons. The molecule has 0 aromatic heterocycles. The van der Waals surface area contributed by atoms with Crippen LogP contribution in [0.1, 0.15) is 173 Å². The zero-order valence-electron chi connectivity index (χ0n) is 55.2. The van der Waals surface area contributed by atoms with Gasteiger partial charge in [-0.1, -0.05) is 105 Å². The molecule has 3 aromatic rings. The maximum atomic E-state index is 15.5. The summed E-state index contributed by atoms with van der Waals surface area (Å²) in [6.07, 6.45) is -6.02. The summed E-state index contributed by atoms with van der Waals surface area (Å²) in [7, 11) is -5.08. The average molecular weight is 1400 g/mol. The Morgan fingerprint density at radius 3 is 1.28 bits per heavy atom. The number of aryl methyl sites for hydroxylation is 1. The van der Waals surface area contributed by atoms with E-state index in [2.05, 4.69) is 17.6 Å². The van der Waals surface area contributed by atoms with Crippen LogP contribution in [0.4, 0.5) is 43.9 Å². The first kappa shape index (κ1) is 71.4. The molecule has 11 nitrogen and oxygen atoms in total. The molecule has 3 aromatic carbocycles. The van der Waals surface area contributed by atoms with Gasteiger partial charge in [0.2, 0.25) is 0 Å². The van der Waals surface area contributed by atoms with Gasteiger partial charge in [-0.05, 0) is 179 Å². The number of halogens is 10. The third-order valence-electron chi connectivity index (χ3n) is 24.5. The standard InChI is InChI=1S/C39H48F5NO6S2.C32H41F5O4S/c1-24-6-12-27(13-7-24)53(48,49)45-52(5)26-10-8-25(9-11-26)29-20-34(4)30(16-19-37(34,47)38(40,41)39(42,43)44)28-14-17-35(46)21-36(18-15-31(35)32(28)29)50-22-33(2,3)23-51-36;1-26(2)17-40-29(41-18-26)13-10-24-25-21(9-12-28(24,38)16-29)23-11-14-30(39,31(33,34)32(35,36)37)27(23,3)15-22(25)19-5-7-20(42-4)8-6-19/h6-13,28-30,46-47H,14-23H2,1-5H3;5-8,21-23,38-39H,9-18H2,1-4H3/t28?,29-,30?,34+,35-,37+,52+;21?,22-,23?,27+,28-,30+/m11/s1. The quantitative estimate of drug-likeness (QED) is 0.0964. The fourth-order valence-electron chi connectivity index (χ4n) is 19.3. The van der Waals surface area contributed by atoms with E-state index in [1.165, 1.54) is 26.0 Å². The van der Waals surface area contributed by atoms with E-state index >= 15 is 17.6 Å². The summed E-state index contributed by atoms with van der Waals surface area (Å²) >= 11 is 1.55. The Labute approximate surface area is 557 Å². The van der Waals surface area contributed by atoms with Gasteiger partial charge in [-0.15, -0.1) is 15.5 Å². The fourth-order valence-corrected chi connectivity index (χ4v) is 22.6. The highest BCUT2D eigenvalue weighted by molar-refractivity contribution is 8.00. The largest absolute Gasteiger partial charge is 0.456 e. The minimum absolute atomic E-state index is 0.00889. The van der Waals surface area contributed by atoms with Crippen molar-refractivity contribution in [1.82, 2.24) is 0 Å². The maximum Gasteiger partial charge on any atom is 0.456 e. The highest BCUT2D eigenvalue weighted by atomic mass is 32.3. The van der Waals surface area contributed by atoms with Crippen LogP contribution in [-0.2, 0) is 39.7 Å². The molecule has 6 saturated carbocycles. The molecule has 0 amide bonds. The number of rotatable bonds is 8. The van der Waals surface area contributed by atoms with E-state index in [4.69, 9.17) is 18.9 Å². The van der Waals surface area contributed by atoms with E-state index in [9.17, 15) is 55.2 Å². The Bertz CT molecular complexity index is 3650. The summed E-state index contributed by atoms with van der Waals surface area (Å²) in [5, 5.41) is 47.8. The maximum absolute atomic E-state index is 15.5. The highest BCUT2D eigenvalue weighted by Gasteiger charge is 2.81. The van der Waals surface area contributed by atoms with E-state index < -0.39 is 132 Å². The molecular weight excluding hydrogens is 1310 g/mol. The lowest BCUT2D eigenvalue weighted by atomic mass is 9.49. The summed E-state index contributed by atoms with van der Waals surface area (Å²) in [4.78, 5) is 1.66. The van der Waals surface area contributed by atoms with E-state index in [1.807, 2.05) is 51.3 Å². The molecule has 0 bridgehead atoms. The number of alkyl halides is 10. The second-order valence-electron chi connectivity index (χ2n) is 31.6. The van der Waals surface area contributed by atoms with Gasteiger partial charge in [0.25, 0.3) is 10.0 Å². The number of benzene rings is 3. The van der Waals surface area contributed by atoms with Gasteiger partial charge in [0.05, 0.1) is 42.5 Å². The topological polar surface area (TPSA) is 164 Å². The number of allylic oxidation sites excluding steroid dienone is 2. The van der Waals surface area contributed by atoms with Crippen molar-refractivity contribution in [3.05, 3.63) is 112 Å². The van der Waals surface area contributed by atoms with Gasteiger partial charge < -0.3 is 39.4 Å². The zero-order valence-corrected chi connectivity index (χ0v) is 57.7. The molecule has 8 aliphatic carbocycles. The summed E-state index contributed by atoms with van der Waals surface area (Å²) in [5.74, 6) is -15.7. The summed E-state index contributed by atoms with van der Waals surface area (Å²) in [6, 6.07) is 21.0. The van der Waals surface area contributed by atoms with E-state index in [0.29, 0.717) is 81.8 Å². The second kappa shape index (κ2) is 23.6. The molecule has 10 aliphatic rings. The van der Waals surface area contributed by atoms with Crippen molar-refractivity contribution in [3.63, 3.8) is 0 Å². The molecule has 4 N–H and O–H groups in total. The molecule has 95 heavy (non-hydrogen) atoms. The molecular formula is C71H89F10NO10S3. The van der Waals surface area contributed by atoms with Crippen LogP contribution in [0.25, 0.3) is 0 Å². The first-order valence-corrected chi connectivity index (χ1v) is 37.4. The Hall–Kier alpha value is -3.43. The SMILES string of the molecule is CSc1ccc([C@H]2C[C@@]3(C)C(CC[C@@]3(O)C(F)(F)C(F)(F)F)C3CC[C@@]4(O)CC5(CCC4=C32)OCC(C)(C)CO5)cc1.Cc1ccc(S(=O)(=O)N=[S@@](C)c2ccc([C@H]3C[C@@]4(C)C(CC[C@@]4(O)C(F)(F)C(F)(F)F)C4CC[C@@]5(O)CC6(CCC5=C43)OCC(C)(C)CO6)cc2)cc1. The third kappa shape index (κ3) is 11.6. The van der Waals surface area contributed by atoms with Gasteiger partial charge in [-0.25, -0.2) is 0 Å². The minimum Gasteiger partial charge on any atom is -0.385 e. The van der Waals surface area contributed by atoms with Crippen LogP contribution in [-0.4, -0.2) is 126 Å². The normalized spacial score (nSPS) is 36.9. The van der Waals surface area contributed by atoms with Crippen molar-refractivity contribution in [2.24, 2.45) is 49.1 Å². The molecule has 2 saturated heterocycles. The Kier molecular flexibility index (Phi) is 17.7. The number of nitrogens with zero attached hydrogens (tertiary/aromatic N) is 1. The number of sulfonamides is 1. The van der Waals surface area contributed by atoms with Gasteiger partial charge in [0, 0.05) is 69.0 Å². The van der Waals surface area contributed by atoms with Crippen LogP contribution in [0.3, 0.4) is 0 Å². The molecule has 2 heterocycles. The third-order valence-corrected chi connectivity index (χ3v) is 28.7. The number of thioether (sulfide) groups is 1. The Morgan fingerprint density at radius 2 is 0.916 bits per heavy atom. The van der Waals surface area contributed by atoms with Crippen molar-refractivity contribution < 1.29 is 91.7 Å². The van der Waals surface area contributed by atoms with Gasteiger partial charge >= 0.3 is 24.2 Å². The first-order valence-electron chi connectivity index (χ1n) is 33.1. The molecule has 13 atom stereocenters. The molecule has 24 heteroatoms. The Balaban J connectivity index is 0.000000187. The zero-order chi connectivity index (χ0) is 69.2. The predicted octanol–water partition coefficient (Wildman–Crippen LogP) is 16.0. The predicted molar refractivity (Wildman–Crippen MR) is 339 cm³/mol. The number of ether oxygens (including phenoxy) is 4. The molecule has 2 spiro atoms. The van der Waals surface area contributed by atoms with Crippen LogP contribution >= 0.6 is 11.8 Å². The highest BCUT2D eigenvalue weighted by Crippen LogP contribution is 2.74. The van der Waals surface area contributed by atoms with Crippen LogP contribution < -0.4 is 0 Å². The lowest BCUT2D eigenvalue weighted by Crippen LogP contribution is -2.65. The van der Waals surface area contributed by atoms with Crippen LogP contribution in [0.2, 0.25) is 0 Å². The summed E-state index contributed by atoms with van der Waals surface area (Å²) in [6.45, 7) is 14.8. The molecule has 526 valence electrons. The monoisotopic (exact) mass is 1400 g/mol. The average Bonchev–Trinajstić information content (AvgIpc) is 1.63. The van der Waals surface area contributed by atoms with Crippen molar-refractivity contribution in [2.45, 2.75) is 236 Å². The van der Waals surface area contributed by atoms with Crippen LogP contribution in [0.15, 0.2) is 114 Å². The summed E-state index contributed by atoms with van der Waals surface area (Å²) < 4.78 is 200. The van der Waals surface area contributed by atoms with Crippen molar-refractivity contribution in [3.8, 4) is 0 Å². The lowest BCUT2D eigenvalue weighted by Gasteiger charge is -2.59. The van der Waals surface area contributed by atoms with Gasteiger partial charge in [0.1, 0.15) is 11.2 Å². The number of fused-ring (bicyclic) bond motifs is 8. The summed E-state index contributed by atoms with van der Waals surface area (Å²) in [5.41, 5.74) is -7.17. The lowest BCUT2D eigenvalue weighted by molar-refractivity contribution is -0.362. The molecule has 13 rings (SSSR count). The van der Waals surface area contributed by atoms with Gasteiger partial charge in [0.15, 0.2) is 11.6 Å². The first-order chi connectivity index (χ1) is 43.9. The van der Waals surface area contributed by atoms with E-state index in [-0.39, 0.29) is 66.6 Å². The second-order valence-corrected chi connectivity index (χ2v) is 35.9. The smallest absolute Gasteiger partial charge is 0.385 e. The van der Waals surface area contributed by atoms with E-state index in [0.717, 1.165) is 38.3 Å². The number of aliphatic hydroxyl groups is 4. The molecule has 8 fully saturated rings. The number of hydrogen-bond donors (Lipinski definition) is 4. The minimum atomic E-state index is -5.95. The molecule has 2 aliphatic heterocycles. The van der Waals surface area contributed by atoms with Crippen molar-refractivity contribution in [2.75, 3.05) is 38.9 Å². The molecule has 4 unspecified atom stereocenters. The van der Waals surface area contributed by atoms with E-state index in [1.54, 1.807) is 54.4 Å². The van der Waals surface area contributed by atoms with Crippen molar-refractivity contribution in [1.29, 1.82) is 0 Å².